The summed E-state index contributed by atoms with van der Waals surface area (Å²) in [6, 6.07) is 6.06. The largest absolute Gasteiger partial charge is 0.459 e. The van der Waals surface area contributed by atoms with E-state index in [1.165, 1.54) is 0 Å². The molecule has 3 nitrogen and oxygen atoms in total. The van der Waals surface area contributed by atoms with Crippen LogP contribution in [-0.4, -0.2) is 11.6 Å². The summed E-state index contributed by atoms with van der Waals surface area (Å²) in [4.78, 5) is 11.7. The van der Waals surface area contributed by atoms with Gasteiger partial charge in [0.2, 0.25) is 0 Å². The Bertz CT molecular complexity index is 368. The maximum atomic E-state index is 11.7. The first kappa shape index (κ1) is 13.0. The second-order valence-electron chi connectivity index (χ2n) is 4.56. The lowest BCUT2D eigenvalue weighted by molar-refractivity contribution is -0.156. The average molecular weight is 242 g/mol. The van der Waals surface area contributed by atoms with Gasteiger partial charge in [-0.25, -0.2) is 4.79 Å². The molecule has 1 unspecified atom stereocenters. The topological polar surface area (TPSA) is 52.3 Å². The Morgan fingerprint density at radius 1 is 1.31 bits per heavy atom. The molecule has 0 aliphatic carbocycles. The maximum Gasteiger partial charge on any atom is 0.328 e. The minimum atomic E-state index is -0.767. The summed E-state index contributed by atoms with van der Waals surface area (Å²) in [6.07, 6.45) is 0. The number of hydrogen-bond acceptors (Lipinski definition) is 3. The van der Waals surface area contributed by atoms with Gasteiger partial charge in [-0.3, -0.25) is 0 Å². The molecule has 0 aliphatic heterocycles. The van der Waals surface area contributed by atoms with E-state index < -0.39 is 17.6 Å². The second-order valence-corrected chi connectivity index (χ2v) is 5.00. The summed E-state index contributed by atoms with van der Waals surface area (Å²) in [5.74, 6) is -0.435. The first-order valence-electron chi connectivity index (χ1n) is 5.03. The Morgan fingerprint density at radius 2 is 1.81 bits per heavy atom. The van der Waals surface area contributed by atoms with Crippen molar-refractivity contribution in [3.05, 3.63) is 34.9 Å². The lowest BCUT2D eigenvalue weighted by Crippen LogP contribution is -2.31. The number of rotatable bonds is 2. The number of ether oxygens (including phenoxy) is 1. The van der Waals surface area contributed by atoms with Crippen molar-refractivity contribution in [2.75, 3.05) is 0 Å². The number of hydrogen-bond donors (Lipinski definition) is 1. The number of benzene rings is 1. The molecule has 0 saturated heterocycles. The van der Waals surface area contributed by atoms with Crippen molar-refractivity contribution in [1.82, 2.24) is 0 Å². The Balaban J connectivity index is 2.74. The van der Waals surface area contributed by atoms with E-state index in [0.29, 0.717) is 10.6 Å². The molecule has 0 heterocycles. The highest BCUT2D eigenvalue weighted by Gasteiger charge is 2.23. The van der Waals surface area contributed by atoms with Crippen LogP contribution in [0.4, 0.5) is 0 Å². The highest BCUT2D eigenvalue weighted by atomic mass is 35.5. The van der Waals surface area contributed by atoms with Crippen molar-refractivity contribution in [1.29, 1.82) is 0 Å². The van der Waals surface area contributed by atoms with Gasteiger partial charge in [0, 0.05) is 5.02 Å². The number of halogens is 1. The van der Waals surface area contributed by atoms with Crippen LogP contribution >= 0.6 is 11.6 Å². The van der Waals surface area contributed by atoms with E-state index in [2.05, 4.69) is 0 Å². The van der Waals surface area contributed by atoms with Gasteiger partial charge in [0.05, 0.1) is 0 Å². The molecule has 0 radical (unpaired) electrons. The average Bonchev–Trinajstić information content (AvgIpc) is 2.15. The molecule has 1 aromatic carbocycles. The van der Waals surface area contributed by atoms with Crippen LogP contribution in [0.1, 0.15) is 32.4 Å². The summed E-state index contributed by atoms with van der Waals surface area (Å²) >= 11 is 5.75. The van der Waals surface area contributed by atoms with Crippen LogP contribution in [0.2, 0.25) is 5.02 Å². The van der Waals surface area contributed by atoms with E-state index in [1.54, 1.807) is 45.0 Å². The van der Waals surface area contributed by atoms with Gasteiger partial charge in [-0.2, -0.15) is 0 Å². The molecule has 1 rings (SSSR count). The van der Waals surface area contributed by atoms with Gasteiger partial charge in [0.1, 0.15) is 11.6 Å². The van der Waals surface area contributed by atoms with Crippen molar-refractivity contribution in [3.63, 3.8) is 0 Å². The molecule has 0 bridgehead atoms. The highest BCUT2D eigenvalue weighted by molar-refractivity contribution is 6.30. The molecule has 0 amide bonds. The minimum absolute atomic E-state index is 0.435. The maximum absolute atomic E-state index is 11.7. The van der Waals surface area contributed by atoms with Gasteiger partial charge >= 0.3 is 5.97 Å². The van der Waals surface area contributed by atoms with Crippen LogP contribution in [0.15, 0.2) is 24.3 Å². The van der Waals surface area contributed by atoms with Gasteiger partial charge in [0.15, 0.2) is 0 Å². The van der Waals surface area contributed by atoms with E-state index in [1.807, 2.05) is 0 Å². The fourth-order valence-corrected chi connectivity index (χ4v) is 1.30. The zero-order valence-electron chi connectivity index (χ0n) is 9.66. The molecule has 2 N–H and O–H groups in total. The molecular formula is C12H16ClNO2. The van der Waals surface area contributed by atoms with E-state index in [0.717, 1.165) is 0 Å². The van der Waals surface area contributed by atoms with Gasteiger partial charge in [-0.1, -0.05) is 23.7 Å². The molecule has 0 fully saturated rings. The normalized spacial score (nSPS) is 13.3. The third-order valence-corrected chi connectivity index (χ3v) is 2.14. The quantitative estimate of drug-likeness (QED) is 0.810. The van der Waals surface area contributed by atoms with E-state index in [9.17, 15) is 4.79 Å². The van der Waals surface area contributed by atoms with Crippen molar-refractivity contribution >= 4 is 17.6 Å². The predicted octanol–water partition coefficient (Wildman–Crippen LogP) is 2.68. The molecule has 1 aromatic rings. The van der Waals surface area contributed by atoms with Crippen LogP contribution in [0.25, 0.3) is 0 Å². The lowest BCUT2D eigenvalue weighted by Gasteiger charge is -2.22. The summed E-state index contributed by atoms with van der Waals surface area (Å²) < 4.78 is 5.19. The van der Waals surface area contributed by atoms with Gasteiger partial charge in [-0.05, 0) is 38.5 Å². The van der Waals surface area contributed by atoms with Crippen LogP contribution in [0.5, 0.6) is 0 Å². The molecule has 16 heavy (non-hydrogen) atoms. The van der Waals surface area contributed by atoms with Gasteiger partial charge < -0.3 is 10.5 Å². The van der Waals surface area contributed by atoms with Gasteiger partial charge in [0.25, 0.3) is 0 Å². The Hall–Kier alpha value is -1.06. The fraction of sp³-hybridized carbons (Fsp3) is 0.417. The summed E-state index contributed by atoms with van der Waals surface area (Å²) in [5, 5.41) is 0.611. The van der Waals surface area contributed by atoms with Crippen molar-refractivity contribution in [2.24, 2.45) is 5.73 Å². The standard InChI is InChI=1S/C12H16ClNO2/c1-12(2,3)16-11(15)10(14)8-4-6-9(13)7-5-8/h4-7,10H,14H2,1-3H3. The smallest absolute Gasteiger partial charge is 0.328 e. The fourth-order valence-electron chi connectivity index (χ4n) is 1.17. The second kappa shape index (κ2) is 4.85. The molecular weight excluding hydrogens is 226 g/mol. The Labute approximate surface area is 101 Å². The molecule has 1 atom stereocenters. The van der Waals surface area contributed by atoms with Crippen molar-refractivity contribution < 1.29 is 9.53 Å². The van der Waals surface area contributed by atoms with Crippen LogP contribution in [0.3, 0.4) is 0 Å². The highest BCUT2D eigenvalue weighted by Crippen LogP contribution is 2.18. The monoisotopic (exact) mass is 241 g/mol. The van der Waals surface area contributed by atoms with E-state index in [-0.39, 0.29) is 0 Å². The minimum Gasteiger partial charge on any atom is -0.459 e. The molecule has 0 spiro atoms. The Morgan fingerprint density at radius 3 is 2.25 bits per heavy atom. The first-order valence-corrected chi connectivity index (χ1v) is 5.41. The van der Waals surface area contributed by atoms with Crippen LogP contribution < -0.4 is 5.73 Å². The Kier molecular flexibility index (Phi) is 3.94. The molecule has 4 heteroatoms. The third-order valence-electron chi connectivity index (χ3n) is 1.89. The molecule has 0 aromatic heterocycles. The van der Waals surface area contributed by atoms with Crippen LogP contribution in [-0.2, 0) is 9.53 Å². The zero-order valence-corrected chi connectivity index (χ0v) is 10.4. The lowest BCUT2D eigenvalue weighted by atomic mass is 10.1. The zero-order chi connectivity index (χ0) is 12.3. The van der Waals surface area contributed by atoms with Gasteiger partial charge in [-0.15, -0.1) is 0 Å². The van der Waals surface area contributed by atoms with E-state index >= 15 is 0 Å². The summed E-state index contributed by atoms with van der Waals surface area (Å²) in [6.45, 7) is 5.42. The number of esters is 1. The molecule has 0 saturated carbocycles. The predicted molar refractivity (Wildman–Crippen MR) is 64.2 cm³/mol. The summed E-state index contributed by atoms with van der Waals surface area (Å²) in [7, 11) is 0. The van der Waals surface area contributed by atoms with Crippen molar-refractivity contribution in [2.45, 2.75) is 32.4 Å². The first-order chi connectivity index (χ1) is 7.29. The molecule has 88 valence electrons. The number of carbonyl (C=O) groups excluding carboxylic acids is 1. The van der Waals surface area contributed by atoms with E-state index in [4.69, 9.17) is 22.1 Å². The SMILES string of the molecule is CC(C)(C)OC(=O)C(N)c1ccc(Cl)cc1. The van der Waals surface area contributed by atoms with Crippen molar-refractivity contribution in [3.8, 4) is 0 Å². The number of carbonyl (C=O) groups is 1. The van der Waals surface area contributed by atoms with Crippen LogP contribution in [0, 0.1) is 0 Å². The molecule has 0 aliphatic rings. The number of nitrogens with two attached hydrogens (primary N) is 1. The summed E-state index contributed by atoms with van der Waals surface area (Å²) in [5.41, 5.74) is 5.94. The third kappa shape index (κ3) is 3.83.